The van der Waals surface area contributed by atoms with Crippen LogP contribution in [0, 0.1) is 22.2 Å². The van der Waals surface area contributed by atoms with E-state index in [0.717, 1.165) is 5.57 Å². The number of rotatable bonds is 1. The molecule has 1 N–H and O–H groups in total. The van der Waals surface area contributed by atoms with Gasteiger partial charge < -0.3 is 5.41 Å². The maximum atomic E-state index is 8.88. The summed E-state index contributed by atoms with van der Waals surface area (Å²) >= 11 is 0. The summed E-state index contributed by atoms with van der Waals surface area (Å²) in [5.41, 5.74) is 1.43. The van der Waals surface area contributed by atoms with Gasteiger partial charge in [-0.2, -0.15) is 5.26 Å². The Morgan fingerprint density at radius 2 is 2.08 bits per heavy atom. The Morgan fingerprint density at radius 3 is 2.54 bits per heavy atom. The largest absolute Gasteiger partial charge is 0.300 e. The third kappa shape index (κ3) is 1.75. The fraction of sp³-hybridized carbons (Fsp3) is 0.273. The van der Waals surface area contributed by atoms with Gasteiger partial charge in [-0.1, -0.05) is 18.7 Å². The molecular formula is C11H12N2. The van der Waals surface area contributed by atoms with Gasteiger partial charge >= 0.3 is 0 Å². The highest BCUT2D eigenvalue weighted by atomic mass is 14.4. The Hall–Kier alpha value is -1.62. The second-order valence-corrected chi connectivity index (χ2v) is 3.61. The van der Waals surface area contributed by atoms with Gasteiger partial charge in [0.25, 0.3) is 0 Å². The minimum absolute atomic E-state index is 0.390. The average molecular weight is 172 g/mol. The van der Waals surface area contributed by atoms with E-state index in [1.807, 2.05) is 19.9 Å². The van der Waals surface area contributed by atoms with Crippen LogP contribution in [-0.4, -0.2) is 5.71 Å². The molecule has 0 fully saturated rings. The van der Waals surface area contributed by atoms with E-state index in [0.29, 0.717) is 11.3 Å². The predicted octanol–water partition coefficient (Wildman–Crippen LogP) is 2.61. The number of nitrogens with zero attached hydrogens (tertiary/aromatic N) is 1. The average Bonchev–Trinajstić information content (AvgIpc) is 2.09. The first kappa shape index (κ1) is 9.47. The van der Waals surface area contributed by atoms with Crippen molar-refractivity contribution in [2.24, 2.45) is 5.41 Å². The molecule has 0 bridgehead atoms. The topological polar surface area (TPSA) is 47.6 Å². The second-order valence-electron chi connectivity index (χ2n) is 3.61. The van der Waals surface area contributed by atoms with Crippen molar-refractivity contribution in [2.45, 2.75) is 13.8 Å². The Morgan fingerprint density at radius 1 is 1.46 bits per heavy atom. The number of nitriles is 1. The molecule has 0 aromatic heterocycles. The van der Waals surface area contributed by atoms with Gasteiger partial charge in [0, 0.05) is 0 Å². The van der Waals surface area contributed by atoms with Crippen molar-refractivity contribution in [3.63, 3.8) is 0 Å². The minimum atomic E-state index is -0.524. The molecule has 2 nitrogen and oxygen atoms in total. The first-order valence-corrected chi connectivity index (χ1v) is 4.07. The van der Waals surface area contributed by atoms with Gasteiger partial charge in [0.2, 0.25) is 0 Å². The molecule has 0 radical (unpaired) electrons. The molecule has 0 heterocycles. The van der Waals surface area contributed by atoms with Crippen LogP contribution in [0.5, 0.6) is 0 Å². The van der Waals surface area contributed by atoms with Crippen LogP contribution in [0.25, 0.3) is 0 Å². The lowest BCUT2D eigenvalue weighted by Crippen LogP contribution is -2.14. The highest BCUT2D eigenvalue weighted by Crippen LogP contribution is 2.29. The lowest BCUT2D eigenvalue weighted by molar-refractivity contribution is 0.613. The summed E-state index contributed by atoms with van der Waals surface area (Å²) in [6.07, 6.45) is 5.33. The van der Waals surface area contributed by atoms with Crippen molar-refractivity contribution < 1.29 is 0 Å². The van der Waals surface area contributed by atoms with E-state index in [1.165, 1.54) is 0 Å². The fourth-order valence-electron chi connectivity index (χ4n) is 1.03. The first-order chi connectivity index (χ1) is 5.97. The highest BCUT2D eigenvalue weighted by Gasteiger charge is 2.22. The molecule has 0 spiro atoms. The van der Waals surface area contributed by atoms with Gasteiger partial charge in [-0.05, 0) is 31.1 Å². The Bertz CT molecular complexity index is 362. The molecule has 0 saturated heterocycles. The van der Waals surface area contributed by atoms with Crippen molar-refractivity contribution in [3.05, 3.63) is 36.0 Å². The van der Waals surface area contributed by atoms with Gasteiger partial charge in [-0.25, -0.2) is 0 Å². The van der Waals surface area contributed by atoms with Gasteiger partial charge in [0.05, 0.1) is 17.2 Å². The number of allylic oxidation sites excluding steroid dienone is 5. The van der Waals surface area contributed by atoms with Crippen LogP contribution in [0.2, 0.25) is 0 Å². The normalized spacial score (nSPS) is 16.8. The minimum Gasteiger partial charge on any atom is -0.300 e. The molecular weight excluding hydrogens is 160 g/mol. The number of hydrogen-bond acceptors (Lipinski definition) is 2. The van der Waals surface area contributed by atoms with Crippen LogP contribution < -0.4 is 0 Å². The van der Waals surface area contributed by atoms with E-state index in [2.05, 4.69) is 12.6 Å². The molecule has 1 aliphatic carbocycles. The molecule has 0 unspecified atom stereocenters. The van der Waals surface area contributed by atoms with Crippen LogP contribution in [-0.2, 0) is 0 Å². The molecule has 0 aromatic rings. The Labute approximate surface area is 78.4 Å². The van der Waals surface area contributed by atoms with Crippen molar-refractivity contribution in [3.8, 4) is 6.07 Å². The SMILES string of the molecule is C=C1C=CC(C(C)(C)C#N)=CC1=N. The van der Waals surface area contributed by atoms with Crippen LogP contribution in [0.15, 0.2) is 36.0 Å². The summed E-state index contributed by atoms with van der Waals surface area (Å²) < 4.78 is 0. The zero-order valence-corrected chi connectivity index (χ0v) is 7.89. The summed E-state index contributed by atoms with van der Waals surface area (Å²) in [6.45, 7) is 7.37. The van der Waals surface area contributed by atoms with Crippen LogP contribution in [0.4, 0.5) is 0 Å². The molecule has 0 saturated carbocycles. The number of nitrogens with one attached hydrogen (secondary N) is 1. The molecule has 0 atom stereocenters. The molecule has 13 heavy (non-hydrogen) atoms. The summed E-state index contributed by atoms with van der Waals surface area (Å²) in [5, 5.41) is 16.4. The standard InChI is InChI=1S/C11H12N2/c1-8-4-5-9(6-10(8)13)11(2,3)7-12/h4-6,13H,1H2,2-3H3. The highest BCUT2D eigenvalue weighted by molar-refractivity contribution is 6.09. The van der Waals surface area contributed by atoms with Gasteiger partial charge in [0.1, 0.15) is 0 Å². The van der Waals surface area contributed by atoms with Gasteiger partial charge in [0.15, 0.2) is 0 Å². The Kier molecular flexibility index (Phi) is 2.20. The third-order valence-corrected chi connectivity index (χ3v) is 2.11. The van der Waals surface area contributed by atoms with Crippen LogP contribution in [0.3, 0.4) is 0 Å². The van der Waals surface area contributed by atoms with E-state index in [-0.39, 0.29) is 0 Å². The lowest BCUT2D eigenvalue weighted by atomic mass is 9.82. The maximum absolute atomic E-state index is 8.88. The second kappa shape index (κ2) is 3.02. The van der Waals surface area contributed by atoms with E-state index in [9.17, 15) is 0 Å². The van der Waals surface area contributed by atoms with Crippen LogP contribution >= 0.6 is 0 Å². The molecule has 66 valence electrons. The summed E-state index contributed by atoms with van der Waals surface area (Å²) in [5.74, 6) is 0. The van der Waals surface area contributed by atoms with E-state index < -0.39 is 5.41 Å². The molecule has 2 heteroatoms. The summed E-state index contributed by atoms with van der Waals surface area (Å²) in [7, 11) is 0. The van der Waals surface area contributed by atoms with Crippen molar-refractivity contribution in [2.75, 3.05) is 0 Å². The Balaban J connectivity index is 3.06. The third-order valence-electron chi connectivity index (χ3n) is 2.11. The van der Waals surface area contributed by atoms with Crippen molar-refractivity contribution >= 4 is 5.71 Å². The zero-order valence-electron chi connectivity index (χ0n) is 7.89. The summed E-state index contributed by atoms with van der Waals surface area (Å²) in [4.78, 5) is 0. The van der Waals surface area contributed by atoms with Crippen molar-refractivity contribution in [1.29, 1.82) is 10.7 Å². The van der Waals surface area contributed by atoms with E-state index in [4.69, 9.17) is 10.7 Å². The van der Waals surface area contributed by atoms with E-state index in [1.54, 1.807) is 12.2 Å². The zero-order chi connectivity index (χ0) is 10.1. The van der Waals surface area contributed by atoms with Gasteiger partial charge in [-0.15, -0.1) is 0 Å². The maximum Gasteiger partial charge on any atom is 0.0767 e. The summed E-state index contributed by atoms with van der Waals surface area (Å²) in [6, 6.07) is 2.20. The van der Waals surface area contributed by atoms with Gasteiger partial charge in [-0.3, -0.25) is 0 Å². The molecule has 1 aliphatic rings. The van der Waals surface area contributed by atoms with E-state index >= 15 is 0 Å². The monoisotopic (exact) mass is 172 g/mol. The lowest BCUT2D eigenvalue weighted by Gasteiger charge is -2.19. The first-order valence-electron chi connectivity index (χ1n) is 4.07. The molecule has 1 rings (SSSR count). The molecule has 0 amide bonds. The predicted molar refractivity (Wildman–Crippen MR) is 53.5 cm³/mol. The number of hydrogen-bond donors (Lipinski definition) is 1. The quantitative estimate of drug-likeness (QED) is 0.649. The van der Waals surface area contributed by atoms with Crippen LogP contribution in [0.1, 0.15) is 13.8 Å². The smallest absolute Gasteiger partial charge is 0.0767 e. The molecule has 0 aromatic carbocycles. The fourth-order valence-corrected chi connectivity index (χ4v) is 1.03. The molecule has 0 aliphatic heterocycles. The van der Waals surface area contributed by atoms with Crippen molar-refractivity contribution in [1.82, 2.24) is 0 Å².